The molecule has 0 atom stereocenters. The first-order chi connectivity index (χ1) is 15.2. The molecule has 0 fully saturated rings. The molecule has 5 rings (SSSR count). The maximum absolute atomic E-state index is 6.42. The first-order valence-corrected chi connectivity index (χ1v) is 11.3. The Balaban J connectivity index is 1.46. The average molecular weight is 466 g/mol. The lowest BCUT2D eigenvalue weighted by Crippen LogP contribution is -2.06. The molecular formula is C23H17Cl2N5S. The summed E-state index contributed by atoms with van der Waals surface area (Å²) >= 11 is 14.0. The number of aromatic nitrogens is 4. The van der Waals surface area contributed by atoms with Crippen molar-refractivity contribution in [3.8, 4) is 0 Å². The predicted molar refractivity (Wildman–Crippen MR) is 128 cm³/mol. The number of hydrogen-bond acceptors (Lipinski definition) is 5. The van der Waals surface area contributed by atoms with E-state index in [0.29, 0.717) is 23.0 Å². The normalized spacial score (nSPS) is 11.2. The molecule has 0 aliphatic carbocycles. The van der Waals surface area contributed by atoms with Gasteiger partial charge in [-0.3, -0.25) is 0 Å². The molecule has 2 heterocycles. The minimum Gasteiger partial charge on any atom is -0.330 e. The summed E-state index contributed by atoms with van der Waals surface area (Å²) in [6, 6.07) is 23.6. The van der Waals surface area contributed by atoms with E-state index in [1.165, 1.54) is 11.3 Å². The van der Waals surface area contributed by atoms with Crippen LogP contribution in [0.5, 0.6) is 0 Å². The molecular weight excluding hydrogens is 449 g/mol. The van der Waals surface area contributed by atoms with Crippen molar-refractivity contribution in [2.75, 3.05) is 5.32 Å². The van der Waals surface area contributed by atoms with Gasteiger partial charge in [0.2, 0.25) is 5.13 Å². The fourth-order valence-electron chi connectivity index (χ4n) is 3.42. The van der Waals surface area contributed by atoms with Crippen molar-refractivity contribution in [3.05, 3.63) is 99.2 Å². The van der Waals surface area contributed by atoms with Crippen molar-refractivity contribution < 1.29 is 0 Å². The number of nitrogens with zero attached hydrogens (tertiary/aromatic N) is 4. The van der Waals surface area contributed by atoms with Gasteiger partial charge in [0, 0.05) is 22.2 Å². The number of anilines is 2. The van der Waals surface area contributed by atoms with Gasteiger partial charge in [0.25, 0.3) is 0 Å². The zero-order valence-corrected chi connectivity index (χ0v) is 18.6. The third-order valence-corrected chi connectivity index (χ3v) is 6.29. The zero-order chi connectivity index (χ0) is 21.2. The minimum atomic E-state index is 0.579. The second-order valence-corrected chi connectivity index (χ2v) is 8.91. The first-order valence-electron chi connectivity index (χ1n) is 9.68. The lowest BCUT2D eigenvalue weighted by atomic mass is 10.1. The number of nitrogens with one attached hydrogen (secondary N) is 1. The second-order valence-electron chi connectivity index (χ2n) is 7.01. The van der Waals surface area contributed by atoms with Crippen LogP contribution in [-0.4, -0.2) is 19.7 Å². The van der Waals surface area contributed by atoms with E-state index in [0.717, 1.165) is 38.2 Å². The van der Waals surface area contributed by atoms with Gasteiger partial charge in [-0.05, 0) is 42.0 Å². The molecule has 2 aromatic heterocycles. The van der Waals surface area contributed by atoms with Crippen LogP contribution in [0, 0.1) is 0 Å². The van der Waals surface area contributed by atoms with Crippen molar-refractivity contribution in [2.45, 2.75) is 13.0 Å². The van der Waals surface area contributed by atoms with Gasteiger partial charge in [0.15, 0.2) is 0 Å². The van der Waals surface area contributed by atoms with Gasteiger partial charge in [-0.1, -0.05) is 70.9 Å². The van der Waals surface area contributed by atoms with Gasteiger partial charge in [-0.25, -0.2) is 4.98 Å². The summed E-state index contributed by atoms with van der Waals surface area (Å²) in [5.41, 5.74) is 3.95. The highest BCUT2D eigenvalue weighted by Gasteiger charge is 2.15. The molecule has 0 aliphatic rings. The van der Waals surface area contributed by atoms with Gasteiger partial charge < -0.3 is 9.88 Å². The predicted octanol–water partition coefficient (Wildman–Crippen LogP) is 6.58. The van der Waals surface area contributed by atoms with Crippen molar-refractivity contribution >= 4 is 56.4 Å². The summed E-state index contributed by atoms with van der Waals surface area (Å²) in [5, 5.41) is 14.9. The third kappa shape index (κ3) is 4.42. The largest absolute Gasteiger partial charge is 0.330 e. The molecule has 0 bridgehead atoms. The lowest BCUT2D eigenvalue weighted by molar-refractivity contribution is 0.748. The van der Waals surface area contributed by atoms with Crippen LogP contribution in [0.3, 0.4) is 0 Å². The number of rotatable bonds is 6. The fraction of sp³-hybridized carbons (Fsp3) is 0.0870. The van der Waals surface area contributed by atoms with E-state index in [1.807, 2.05) is 60.7 Å². The standard InChI is InChI=1S/C23H17Cl2N5S/c24-16-11-10-15(18(25)13-16)12-21-27-19-8-4-5-9-20(19)30(21)14-22-28-29-23(31-22)26-17-6-2-1-3-7-17/h1-11,13H,12,14H2,(H,26,29). The van der Waals surface area contributed by atoms with E-state index in [-0.39, 0.29) is 0 Å². The van der Waals surface area contributed by atoms with Gasteiger partial charge in [0.1, 0.15) is 10.8 Å². The Kier molecular flexibility index (Phi) is 5.59. The monoisotopic (exact) mass is 465 g/mol. The smallest absolute Gasteiger partial charge is 0.210 e. The number of imidazole rings is 1. The Morgan fingerprint density at radius 2 is 1.71 bits per heavy atom. The summed E-state index contributed by atoms with van der Waals surface area (Å²) in [7, 11) is 0. The molecule has 0 radical (unpaired) electrons. The van der Waals surface area contributed by atoms with Gasteiger partial charge in [-0.2, -0.15) is 0 Å². The molecule has 31 heavy (non-hydrogen) atoms. The molecule has 0 amide bonds. The van der Waals surface area contributed by atoms with Crippen LogP contribution >= 0.6 is 34.5 Å². The highest BCUT2D eigenvalue weighted by atomic mass is 35.5. The molecule has 0 unspecified atom stereocenters. The third-order valence-electron chi connectivity index (χ3n) is 4.88. The van der Waals surface area contributed by atoms with Crippen LogP contribution in [-0.2, 0) is 13.0 Å². The maximum atomic E-state index is 6.42. The second kappa shape index (κ2) is 8.67. The van der Waals surface area contributed by atoms with E-state index in [4.69, 9.17) is 28.2 Å². The molecule has 154 valence electrons. The van der Waals surface area contributed by atoms with E-state index in [1.54, 1.807) is 6.07 Å². The minimum absolute atomic E-state index is 0.579. The summed E-state index contributed by atoms with van der Waals surface area (Å²) in [5.74, 6) is 0.915. The number of benzene rings is 3. The van der Waals surface area contributed by atoms with Crippen molar-refractivity contribution in [3.63, 3.8) is 0 Å². The number of hydrogen-bond donors (Lipinski definition) is 1. The van der Waals surface area contributed by atoms with Crippen molar-refractivity contribution in [2.24, 2.45) is 0 Å². The fourth-order valence-corrected chi connectivity index (χ4v) is 4.64. The zero-order valence-electron chi connectivity index (χ0n) is 16.3. The molecule has 0 aliphatic heterocycles. The highest BCUT2D eigenvalue weighted by molar-refractivity contribution is 7.15. The van der Waals surface area contributed by atoms with E-state index in [2.05, 4.69) is 26.1 Å². The molecule has 0 saturated heterocycles. The molecule has 5 nitrogen and oxygen atoms in total. The van der Waals surface area contributed by atoms with E-state index >= 15 is 0 Å². The lowest BCUT2D eigenvalue weighted by Gasteiger charge is -2.09. The van der Waals surface area contributed by atoms with Crippen LogP contribution in [0.4, 0.5) is 10.8 Å². The summed E-state index contributed by atoms with van der Waals surface area (Å²) in [4.78, 5) is 4.85. The Bertz CT molecular complexity index is 1350. The number of halogens is 2. The summed E-state index contributed by atoms with van der Waals surface area (Å²) < 4.78 is 2.17. The topological polar surface area (TPSA) is 55.6 Å². The van der Waals surface area contributed by atoms with Gasteiger partial charge in [-0.15, -0.1) is 10.2 Å². The van der Waals surface area contributed by atoms with Gasteiger partial charge in [0.05, 0.1) is 17.6 Å². The Hall–Kier alpha value is -2.93. The van der Waals surface area contributed by atoms with E-state index < -0.39 is 0 Å². The molecule has 1 N–H and O–H groups in total. The highest BCUT2D eigenvalue weighted by Crippen LogP contribution is 2.27. The molecule has 8 heteroatoms. The molecule has 3 aromatic carbocycles. The molecule has 0 spiro atoms. The van der Waals surface area contributed by atoms with Crippen LogP contribution < -0.4 is 5.32 Å². The van der Waals surface area contributed by atoms with Crippen LogP contribution in [0.2, 0.25) is 10.0 Å². The van der Waals surface area contributed by atoms with Crippen molar-refractivity contribution in [1.82, 2.24) is 19.7 Å². The summed E-state index contributed by atoms with van der Waals surface area (Å²) in [6.45, 7) is 0.579. The maximum Gasteiger partial charge on any atom is 0.210 e. The summed E-state index contributed by atoms with van der Waals surface area (Å²) in [6.07, 6.45) is 0.596. The van der Waals surface area contributed by atoms with E-state index in [9.17, 15) is 0 Å². The Labute approximate surface area is 193 Å². The van der Waals surface area contributed by atoms with Gasteiger partial charge >= 0.3 is 0 Å². The number of para-hydroxylation sites is 3. The average Bonchev–Trinajstić information content (AvgIpc) is 3.35. The Morgan fingerprint density at radius 1 is 0.903 bits per heavy atom. The first kappa shape index (κ1) is 20.0. The van der Waals surface area contributed by atoms with Crippen LogP contribution in [0.25, 0.3) is 11.0 Å². The van der Waals surface area contributed by atoms with Crippen molar-refractivity contribution in [1.29, 1.82) is 0 Å². The quantitative estimate of drug-likeness (QED) is 0.307. The molecule has 0 saturated carbocycles. The SMILES string of the molecule is Clc1ccc(Cc2nc3ccccc3n2Cc2nnc(Nc3ccccc3)s2)c(Cl)c1. The van der Waals surface area contributed by atoms with Crippen LogP contribution in [0.15, 0.2) is 72.8 Å². The Morgan fingerprint density at radius 3 is 2.55 bits per heavy atom. The van der Waals surface area contributed by atoms with Crippen LogP contribution in [0.1, 0.15) is 16.4 Å². The molecule has 5 aromatic rings. The number of fused-ring (bicyclic) bond motifs is 1.